The maximum Gasteiger partial charge on any atom is 0.287 e. The van der Waals surface area contributed by atoms with Crippen LogP contribution in [-0.2, 0) is 6.54 Å². The number of amides is 1. The molecule has 0 bridgehead atoms. The van der Waals surface area contributed by atoms with Crippen molar-refractivity contribution in [1.29, 1.82) is 0 Å². The summed E-state index contributed by atoms with van der Waals surface area (Å²) in [6.45, 7) is 3.65. The Balaban J connectivity index is 1.76. The van der Waals surface area contributed by atoms with Gasteiger partial charge in [-0.05, 0) is 43.5 Å². The summed E-state index contributed by atoms with van der Waals surface area (Å²) in [5.41, 5.74) is -0.160. The van der Waals surface area contributed by atoms with Gasteiger partial charge in [-0.15, -0.1) is 0 Å². The van der Waals surface area contributed by atoms with Gasteiger partial charge in [0.15, 0.2) is 11.5 Å². The van der Waals surface area contributed by atoms with Crippen molar-refractivity contribution in [3.63, 3.8) is 0 Å². The normalized spacial score (nSPS) is 12.1. The first kappa shape index (κ1) is 18.5. The zero-order valence-corrected chi connectivity index (χ0v) is 15.2. The second-order valence-electron chi connectivity index (χ2n) is 6.64. The van der Waals surface area contributed by atoms with Crippen LogP contribution in [0, 0.1) is 11.8 Å². The van der Waals surface area contributed by atoms with E-state index in [9.17, 15) is 9.90 Å². The molecule has 0 saturated carbocycles. The number of benzene rings is 1. The summed E-state index contributed by atoms with van der Waals surface area (Å²) in [6.07, 6.45) is 3.54. The third-order valence-electron chi connectivity index (χ3n) is 3.76. The average molecular weight is 363 g/mol. The fraction of sp³-hybridized carbons (Fsp3) is 0.238. The van der Waals surface area contributed by atoms with Gasteiger partial charge in [0.25, 0.3) is 5.91 Å². The monoisotopic (exact) mass is 363 g/mol. The quantitative estimate of drug-likeness (QED) is 0.683. The van der Waals surface area contributed by atoms with Crippen LogP contribution < -0.4 is 5.32 Å². The number of furan rings is 1. The fourth-order valence-corrected chi connectivity index (χ4v) is 2.49. The molecule has 0 saturated heterocycles. The van der Waals surface area contributed by atoms with E-state index in [1.807, 2.05) is 42.6 Å². The van der Waals surface area contributed by atoms with Gasteiger partial charge in [-0.3, -0.25) is 9.48 Å². The standard InChI is InChI=1S/C21H21N3O3/c1-21(2,26)12-11-17-9-10-19(27-17)20(25)23-18(15-24-14-6-13-22-24)16-7-4-3-5-8-16/h3-10,13-14,18,26H,15H2,1-2H3,(H,23,25). The molecular weight excluding hydrogens is 342 g/mol. The van der Waals surface area contributed by atoms with E-state index < -0.39 is 5.60 Å². The molecule has 2 aromatic heterocycles. The molecule has 0 aliphatic rings. The molecule has 1 unspecified atom stereocenters. The third-order valence-corrected chi connectivity index (χ3v) is 3.76. The van der Waals surface area contributed by atoms with Gasteiger partial charge in [0.2, 0.25) is 0 Å². The summed E-state index contributed by atoms with van der Waals surface area (Å²) in [5, 5.41) is 16.9. The minimum atomic E-state index is -1.13. The number of nitrogens with zero attached hydrogens (tertiary/aromatic N) is 2. The Bertz CT molecular complexity index is 942. The Kier molecular flexibility index (Phi) is 5.43. The molecule has 1 atom stereocenters. The van der Waals surface area contributed by atoms with Crippen LogP contribution in [0.15, 0.2) is 65.3 Å². The average Bonchev–Trinajstić information content (AvgIpc) is 3.31. The van der Waals surface area contributed by atoms with Crippen molar-refractivity contribution in [2.24, 2.45) is 0 Å². The molecule has 6 heteroatoms. The van der Waals surface area contributed by atoms with E-state index >= 15 is 0 Å². The number of carbonyl (C=O) groups excluding carboxylic acids is 1. The Labute approximate surface area is 157 Å². The van der Waals surface area contributed by atoms with Crippen molar-refractivity contribution in [2.45, 2.75) is 32.0 Å². The molecule has 138 valence electrons. The van der Waals surface area contributed by atoms with Crippen molar-refractivity contribution in [1.82, 2.24) is 15.1 Å². The van der Waals surface area contributed by atoms with Crippen LogP contribution in [0.4, 0.5) is 0 Å². The number of carbonyl (C=O) groups is 1. The van der Waals surface area contributed by atoms with E-state index in [1.165, 1.54) is 0 Å². The number of aliphatic hydroxyl groups is 1. The number of hydrogen-bond acceptors (Lipinski definition) is 4. The Morgan fingerprint density at radius 1 is 1.26 bits per heavy atom. The van der Waals surface area contributed by atoms with Crippen LogP contribution >= 0.6 is 0 Å². The lowest BCUT2D eigenvalue weighted by Gasteiger charge is -2.18. The molecule has 1 amide bonds. The van der Waals surface area contributed by atoms with Gasteiger partial charge in [-0.25, -0.2) is 0 Å². The van der Waals surface area contributed by atoms with Crippen molar-refractivity contribution in [3.05, 3.63) is 78.0 Å². The van der Waals surface area contributed by atoms with Crippen LogP contribution in [0.3, 0.4) is 0 Å². The summed E-state index contributed by atoms with van der Waals surface area (Å²) in [6, 6.07) is 14.4. The first-order valence-corrected chi connectivity index (χ1v) is 8.59. The van der Waals surface area contributed by atoms with Crippen LogP contribution in [0.1, 0.15) is 41.8 Å². The first-order valence-electron chi connectivity index (χ1n) is 8.59. The molecule has 0 fully saturated rings. The predicted octanol–water partition coefficient (Wildman–Crippen LogP) is 2.77. The minimum absolute atomic E-state index is 0.163. The molecule has 0 radical (unpaired) electrons. The molecular formula is C21H21N3O3. The highest BCUT2D eigenvalue weighted by Crippen LogP contribution is 2.16. The largest absolute Gasteiger partial charge is 0.443 e. The molecule has 2 N–H and O–H groups in total. The minimum Gasteiger partial charge on any atom is -0.443 e. The number of hydrogen-bond donors (Lipinski definition) is 2. The molecule has 0 aliphatic carbocycles. The number of aromatic nitrogens is 2. The summed E-state index contributed by atoms with van der Waals surface area (Å²) < 4.78 is 7.26. The van der Waals surface area contributed by atoms with Crippen LogP contribution in [-0.4, -0.2) is 26.4 Å². The highest BCUT2D eigenvalue weighted by atomic mass is 16.3. The lowest BCUT2D eigenvalue weighted by atomic mass is 10.1. The molecule has 1 aromatic carbocycles. The van der Waals surface area contributed by atoms with Gasteiger partial charge in [0.1, 0.15) is 5.60 Å². The highest BCUT2D eigenvalue weighted by molar-refractivity contribution is 5.91. The van der Waals surface area contributed by atoms with E-state index in [-0.39, 0.29) is 17.7 Å². The SMILES string of the molecule is CC(C)(O)C#Cc1ccc(C(=O)NC(Cn2cccn2)c2ccccc2)o1. The Hall–Kier alpha value is -3.30. The lowest BCUT2D eigenvalue weighted by molar-refractivity contribution is 0.0903. The maximum absolute atomic E-state index is 12.6. The molecule has 3 aromatic rings. The van der Waals surface area contributed by atoms with Crippen LogP contribution in [0.5, 0.6) is 0 Å². The zero-order valence-electron chi connectivity index (χ0n) is 15.2. The second-order valence-corrected chi connectivity index (χ2v) is 6.64. The van der Waals surface area contributed by atoms with Crippen LogP contribution in [0.25, 0.3) is 0 Å². The third kappa shape index (κ3) is 5.33. The molecule has 0 spiro atoms. The van der Waals surface area contributed by atoms with E-state index in [0.717, 1.165) is 5.56 Å². The zero-order chi connectivity index (χ0) is 19.3. The molecule has 6 nitrogen and oxygen atoms in total. The summed E-state index contributed by atoms with van der Waals surface area (Å²) in [4.78, 5) is 12.6. The molecule has 2 heterocycles. The topological polar surface area (TPSA) is 80.3 Å². The second kappa shape index (κ2) is 7.94. The van der Waals surface area contributed by atoms with Gasteiger partial charge >= 0.3 is 0 Å². The molecule has 3 rings (SSSR count). The highest BCUT2D eigenvalue weighted by Gasteiger charge is 2.19. The van der Waals surface area contributed by atoms with Crippen molar-refractivity contribution in [2.75, 3.05) is 0 Å². The summed E-state index contributed by atoms with van der Waals surface area (Å²) in [5.74, 6) is 5.52. The molecule has 27 heavy (non-hydrogen) atoms. The van der Waals surface area contributed by atoms with Crippen LogP contribution in [0.2, 0.25) is 0 Å². The predicted molar refractivity (Wildman–Crippen MR) is 101 cm³/mol. The van der Waals surface area contributed by atoms with Gasteiger partial charge in [-0.1, -0.05) is 36.3 Å². The van der Waals surface area contributed by atoms with Crippen molar-refractivity contribution < 1.29 is 14.3 Å². The Morgan fingerprint density at radius 2 is 2.04 bits per heavy atom. The Morgan fingerprint density at radius 3 is 2.70 bits per heavy atom. The first-order chi connectivity index (χ1) is 12.9. The lowest BCUT2D eigenvalue weighted by Crippen LogP contribution is -2.31. The van der Waals surface area contributed by atoms with E-state index in [2.05, 4.69) is 22.3 Å². The van der Waals surface area contributed by atoms with E-state index in [0.29, 0.717) is 12.3 Å². The number of nitrogens with one attached hydrogen (secondary N) is 1. The summed E-state index contributed by atoms with van der Waals surface area (Å²) >= 11 is 0. The van der Waals surface area contributed by atoms with Gasteiger partial charge in [-0.2, -0.15) is 5.10 Å². The molecule has 0 aliphatic heterocycles. The fourth-order valence-electron chi connectivity index (χ4n) is 2.49. The van der Waals surface area contributed by atoms with Gasteiger partial charge in [0, 0.05) is 12.4 Å². The summed E-state index contributed by atoms with van der Waals surface area (Å²) in [7, 11) is 0. The van der Waals surface area contributed by atoms with Crippen molar-refractivity contribution >= 4 is 5.91 Å². The van der Waals surface area contributed by atoms with Gasteiger partial charge in [0.05, 0.1) is 12.6 Å². The van der Waals surface area contributed by atoms with E-state index in [4.69, 9.17) is 4.42 Å². The smallest absolute Gasteiger partial charge is 0.287 e. The number of rotatable bonds is 5. The van der Waals surface area contributed by atoms with Crippen molar-refractivity contribution in [3.8, 4) is 11.8 Å². The maximum atomic E-state index is 12.6. The van der Waals surface area contributed by atoms with Gasteiger partial charge < -0.3 is 14.8 Å². The van der Waals surface area contributed by atoms with E-state index in [1.54, 1.807) is 36.9 Å².